The van der Waals surface area contributed by atoms with Gasteiger partial charge in [0.1, 0.15) is 12.6 Å². The lowest BCUT2D eigenvalue weighted by atomic mass is 9.90. The van der Waals surface area contributed by atoms with Crippen LogP contribution in [0.5, 0.6) is 0 Å². The Balaban J connectivity index is 1.18. The minimum atomic E-state index is -1.04. The first-order valence-electron chi connectivity index (χ1n) is 12.9. The SMILES string of the molecule is O=C(O)CCC(NC(=O)OCC1c2ccccc2-c2ccccc21)C(=O)NC1CCC2(CC1)OCCO2. The molecular weight excluding hydrogens is 476 g/mol. The van der Waals surface area contributed by atoms with Crippen LogP contribution in [-0.4, -0.2) is 60.8 Å². The highest BCUT2D eigenvalue weighted by molar-refractivity contribution is 5.86. The Kier molecular flexibility index (Phi) is 7.43. The van der Waals surface area contributed by atoms with Gasteiger partial charge in [-0.05, 0) is 41.5 Å². The Morgan fingerprint density at radius 1 is 0.973 bits per heavy atom. The third kappa shape index (κ3) is 5.62. The van der Waals surface area contributed by atoms with E-state index in [4.69, 9.17) is 19.3 Å². The number of fused-ring (bicyclic) bond motifs is 3. The normalized spacial score (nSPS) is 19.1. The molecule has 1 spiro atoms. The van der Waals surface area contributed by atoms with E-state index in [0.29, 0.717) is 38.9 Å². The molecule has 1 heterocycles. The van der Waals surface area contributed by atoms with Crippen LogP contribution in [0.3, 0.4) is 0 Å². The minimum absolute atomic E-state index is 0.0335. The Morgan fingerprint density at radius 2 is 1.57 bits per heavy atom. The monoisotopic (exact) mass is 508 g/mol. The van der Waals surface area contributed by atoms with Crippen molar-refractivity contribution >= 4 is 18.0 Å². The van der Waals surface area contributed by atoms with E-state index in [9.17, 15) is 14.4 Å². The number of benzene rings is 2. The summed E-state index contributed by atoms with van der Waals surface area (Å²) in [7, 11) is 0. The average Bonchev–Trinajstić information content (AvgIpc) is 3.49. The van der Waals surface area contributed by atoms with Crippen molar-refractivity contribution in [1.82, 2.24) is 10.6 Å². The number of aliphatic carboxylic acids is 1. The fraction of sp³-hybridized carbons (Fsp3) is 0.464. The van der Waals surface area contributed by atoms with Crippen molar-refractivity contribution in [2.24, 2.45) is 0 Å². The van der Waals surface area contributed by atoms with Gasteiger partial charge in [-0.1, -0.05) is 48.5 Å². The summed E-state index contributed by atoms with van der Waals surface area (Å²) in [6.07, 6.45) is 1.69. The van der Waals surface area contributed by atoms with Crippen molar-refractivity contribution < 1.29 is 33.7 Å². The molecule has 3 aliphatic rings. The quantitative estimate of drug-likeness (QED) is 0.498. The fourth-order valence-corrected chi connectivity index (χ4v) is 5.61. The number of nitrogens with one attached hydrogen (secondary N) is 2. The first-order chi connectivity index (χ1) is 17.9. The molecule has 1 atom stereocenters. The fourth-order valence-electron chi connectivity index (χ4n) is 5.61. The lowest BCUT2D eigenvalue weighted by Crippen LogP contribution is -2.52. The Hall–Kier alpha value is -3.43. The van der Waals surface area contributed by atoms with Crippen LogP contribution in [0.1, 0.15) is 55.6 Å². The van der Waals surface area contributed by atoms with Gasteiger partial charge in [0.15, 0.2) is 5.79 Å². The maximum atomic E-state index is 13.0. The second-order valence-corrected chi connectivity index (χ2v) is 9.85. The zero-order valence-corrected chi connectivity index (χ0v) is 20.6. The van der Waals surface area contributed by atoms with E-state index in [-0.39, 0.29) is 31.4 Å². The van der Waals surface area contributed by atoms with Crippen molar-refractivity contribution in [3.63, 3.8) is 0 Å². The third-order valence-electron chi connectivity index (χ3n) is 7.51. The summed E-state index contributed by atoms with van der Waals surface area (Å²) in [5, 5.41) is 14.7. The van der Waals surface area contributed by atoms with Gasteiger partial charge in [-0.2, -0.15) is 0 Å². The highest BCUT2D eigenvalue weighted by Gasteiger charge is 2.41. The summed E-state index contributed by atoms with van der Waals surface area (Å²) in [6, 6.07) is 14.9. The molecule has 2 aliphatic carbocycles. The van der Waals surface area contributed by atoms with Crippen LogP contribution in [0.2, 0.25) is 0 Å². The van der Waals surface area contributed by atoms with E-state index >= 15 is 0 Å². The largest absolute Gasteiger partial charge is 0.481 e. The van der Waals surface area contributed by atoms with E-state index in [2.05, 4.69) is 22.8 Å². The van der Waals surface area contributed by atoms with E-state index in [1.165, 1.54) is 0 Å². The van der Waals surface area contributed by atoms with E-state index in [1.54, 1.807) is 0 Å². The predicted molar refractivity (Wildman–Crippen MR) is 134 cm³/mol. The summed E-state index contributed by atoms with van der Waals surface area (Å²) in [4.78, 5) is 37.0. The second-order valence-electron chi connectivity index (χ2n) is 9.85. The molecule has 2 aromatic carbocycles. The Labute approximate surface area is 215 Å². The first-order valence-corrected chi connectivity index (χ1v) is 12.9. The highest BCUT2D eigenvalue weighted by atomic mass is 16.7. The van der Waals surface area contributed by atoms with Crippen LogP contribution in [0.25, 0.3) is 11.1 Å². The first kappa shape index (κ1) is 25.2. The van der Waals surface area contributed by atoms with Crippen LogP contribution >= 0.6 is 0 Å². The molecule has 0 radical (unpaired) electrons. The van der Waals surface area contributed by atoms with Crippen LogP contribution in [0.15, 0.2) is 48.5 Å². The number of carboxylic acid groups (broad SMARTS) is 1. The summed E-state index contributed by atoms with van der Waals surface area (Å²) < 4.78 is 17.0. The van der Waals surface area contributed by atoms with Gasteiger partial charge in [0.25, 0.3) is 0 Å². The van der Waals surface area contributed by atoms with Crippen molar-refractivity contribution in [1.29, 1.82) is 0 Å². The van der Waals surface area contributed by atoms with Gasteiger partial charge in [0.2, 0.25) is 5.91 Å². The van der Waals surface area contributed by atoms with E-state index < -0.39 is 29.8 Å². The number of rotatable bonds is 8. The molecule has 196 valence electrons. The molecule has 1 saturated heterocycles. The maximum Gasteiger partial charge on any atom is 0.407 e. The number of hydrogen-bond acceptors (Lipinski definition) is 6. The number of carbonyl (C=O) groups is 3. The molecule has 3 N–H and O–H groups in total. The van der Waals surface area contributed by atoms with Gasteiger partial charge in [-0.25, -0.2) is 4.79 Å². The summed E-state index contributed by atoms with van der Waals surface area (Å²) in [5.74, 6) is -2.10. The smallest absolute Gasteiger partial charge is 0.407 e. The highest BCUT2D eigenvalue weighted by Crippen LogP contribution is 2.44. The van der Waals surface area contributed by atoms with Gasteiger partial charge in [0, 0.05) is 31.2 Å². The van der Waals surface area contributed by atoms with Crippen molar-refractivity contribution in [3.05, 3.63) is 59.7 Å². The number of hydrogen-bond donors (Lipinski definition) is 3. The maximum absolute atomic E-state index is 13.0. The van der Waals surface area contributed by atoms with Gasteiger partial charge in [-0.3, -0.25) is 9.59 Å². The molecule has 1 aliphatic heterocycles. The molecule has 9 nitrogen and oxygen atoms in total. The molecule has 2 amide bonds. The van der Waals surface area contributed by atoms with Gasteiger partial charge in [-0.15, -0.1) is 0 Å². The molecule has 1 unspecified atom stereocenters. The van der Waals surface area contributed by atoms with E-state index in [1.807, 2.05) is 36.4 Å². The topological polar surface area (TPSA) is 123 Å². The lowest BCUT2D eigenvalue weighted by Gasteiger charge is -2.36. The molecule has 37 heavy (non-hydrogen) atoms. The number of amides is 2. The molecule has 0 aromatic heterocycles. The standard InChI is InChI=1S/C28H32N2O7/c31-25(32)10-9-24(26(33)29-18-11-13-28(14-12-18)36-15-16-37-28)30-27(34)35-17-23-21-7-3-1-5-19(21)20-6-2-4-8-22(20)23/h1-8,18,23-24H,9-17H2,(H,29,33)(H,30,34)(H,31,32). The van der Waals surface area contributed by atoms with Crippen LogP contribution in [-0.2, 0) is 23.8 Å². The van der Waals surface area contributed by atoms with Crippen LogP contribution < -0.4 is 10.6 Å². The molecule has 1 saturated carbocycles. The number of ether oxygens (including phenoxy) is 3. The van der Waals surface area contributed by atoms with Crippen LogP contribution in [0.4, 0.5) is 4.79 Å². The molecule has 2 aromatic rings. The second kappa shape index (κ2) is 10.9. The van der Waals surface area contributed by atoms with Crippen molar-refractivity contribution in [2.75, 3.05) is 19.8 Å². The van der Waals surface area contributed by atoms with Crippen molar-refractivity contribution in [3.8, 4) is 11.1 Å². The van der Waals surface area contributed by atoms with Crippen LogP contribution in [0, 0.1) is 0 Å². The Bertz CT molecular complexity index is 1110. The summed E-state index contributed by atoms with van der Waals surface area (Å²) in [5.41, 5.74) is 4.41. The number of carboxylic acids is 1. The van der Waals surface area contributed by atoms with Gasteiger partial charge < -0.3 is 30.0 Å². The minimum Gasteiger partial charge on any atom is -0.481 e. The zero-order chi connectivity index (χ0) is 25.8. The lowest BCUT2D eigenvalue weighted by molar-refractivity contribution is -0.180. The van der Waals surface area contributed by atoms with E-state index in [0.717, 1.165) is 22.3 Å². The van der Waals surface area contributed by atoms with Gasteiger partial charge >= 0.3 is 12.1 Å². The molecule has 0 bridgehead atoms. The summed E-state index contributed by atoms with van der Waals surface area (Å²) >= 11 is 0. The molecule has 9 heteroatoms. The molecule has 2 fully saturated rings. The van der Waals surface area contributed by atoms with Gasteiger partial charge in [0.05, 0.1) is 13.2 Å². The average molecular weight is 509 g/mol. The Morgan fingerprint density at radius 3 is 2.16 bits per heavy atom. The molecular formula is C28H32N2O7. The number of carbonyl (C=O) groups excluding carboxylic acids is 2. The summed E-state index contributed by atoms with van der Waals surface area (Å²) in [6.45, 7) is 1.27. The number of alkyl carbamates (subject to hydrolysis) is 1. The zero-order valence-electron chi connectivity index (χ0n) is 20.6. The third-order valence-corrected chi connectivity index (χ3v) is 7.51. The molecule has 5 rings (SSSR count). The van der Waals surface area contributed by atoms with Crippen molar-refractivity contribution in [2.45, 2.75) is 62.3 Å². The predicted octanol–water partition coefficient (Wildman–Crippen LogP) is 3.56.